The Hall–Kier alpha value is -1.22. The Bertz CT molecular complexity index is 385. The molecule has 1 aromatic rings. The van der Waals surface area contributed by atoms with Crippen LogP contribution in [0.4, 0.5) is 0 Å². The number of thioether (sulfide) groups is 1. The average molecular weight is 206 g/mol. The van der Waals surface area contributed by atoms with E-state index in [4.69, 9.17) is 5.11 Å². The van der Waals surface area contributed by atoms with E-state index in [1.807, 2.05) is 12.1 Å². The summed E-state index contributed by atoms with van der Waals surface area (Å²) in [7, 11) is 0. The Morgan fingerprint density at radius 1 is 1.50 bits per heavy atom. The third-order valence-electron chi connectivity index (χ3n) is 2.21. The zero-order valence-electron chi connectivity index (χ0n) is 7.51. The molecule has 2 nitrogen and oxygen atoms in total. The van der Waals surface area contributed by atoms with E-state index in [0.29, 0.717) is 0 Å². The average Bonchev–Trinajstić information content (AvgIpc) is 2.58. The van der Waals surface area contributed by atoms with E-state index in [-0.39, 0.29) is 5.92 Å². The number of rotatable bonds is 2. The highest BCUT2D eigenvalue weighted by Crippen LogP contribution is 2.39. The third-order valence-corrected chi connectivity index (χ3v) is 3.42. The summed E-state index contributed by atoms with van der Waals surface area (Å²) in [5, 5.41) is 8.53. The molecule has 1 aliphatic heterocycles. The number of carboxylic acids is 1. The van der Waals surface area contributed by atoms with Crippen LogP contribution in [-0.2, 0) is 4.79 Å². The summed E-state index contributed by atoms with van der Waals surface area (Å²) in [6, 6.07) is 8.14. The Morgan fingerprint density at radius 2 is 2.29 bits per heavy atom. The molecule has 1 N–H and O–H groups in total. The highest BCUT2D eigenvalue weighted by Gasteiger charge is 2.19. The Morgan fingerprint density at radius 3 is 3.07 bits per heavy atom. The van der Waals surface area contributed by atoms with E-state index in [0.717, 1.165) is 5.75 Å². The number of allylic oxidation sites excluding steroid dienone is 1. The van der Waals surface area contributed by atoms with Gasteiger partial charge in [0.25, 0.3) is 0 Å². The normalized spacial score (nSPS) is 19.9. The van der Waals surface area contributed by atoms with E-state index in [9.17, 15) is 4.79 Å². The fourth-order valence-corrected chi connectivity index (χ4v) is 2.76. The molecule has 14 heavy (non-hydrogen) atoms. The molecule has 0 aliphatic carbocycles. The molecular weight excluding hydrogens is 196 g/mol. The molecule has 0 fully saturated rings. The lowest BCUT2D eigenvalue weighted by atomic mass is 10.0. The fourth-order valence-electron chi connectivity index (χ4n) is 1.55. The van der Waals surface area contributed by atoms with Crippen LogP contribution >= 0.6 is 11.8 Å². The molecule has 1 aliphatic rings. The van der Waals surface area contributed by atoms with Crippen LogP contribution in [0, 0.1) is 0 Å². The maximum absolute atomic E-state index is 10.4. The van der Waals surface area contributed by atoms with Gasteiger partial charge in [0.2, 0.25) is 0 Å². The number of fused-ring (bicyclic) bond motifs is 1. The maximum atomic E-state index is 10.4. The van der Waals surface area contributed by atoms with E-state index in [2.05, 4.69) is 12.1 Å². The third kappa shape index (κ3) is 1.82. The molecule has 0 aromatic heterocycles. The van der Waals surface area contributed by atoms with Crippen molar-refractivity contribution in [2.24, 2.45) is 0 Å². The predicted octanol–water partition coefficient (Wildman–Crippen LogP) is 2.52. The lowest BCUT2D eigenvalue weighted by Crippen LogP contribution is -1.94. The molecule has 0 saturated carbocycles. The first-order chi connectivity index (χ1) is 6.77. The minimum atomic E-state index is -0.876. The highest BCUT2D eigenvalue weighted by molar-refractivity contribution is 7.99. The van der Waals surface area contributed by atoms with Gasteiger partial charge in [-0.2, -0.15) is 0 Å². The monoisotopic (exact) mass is 206 g/mol. The van der Waals surface area contributed by atoms with Crippen molar-refractivity contribution in [2.75, 3.05) is 5.75 Å². The highest BCUT2D eigenvalue weighted by atomic mass is 32.2. The summed E-state index contributed by atoms with van der Waals surface area (Å²) in [5.41, 5.74) is 1.25. The molecule has 1 unspecified atom stereocenters. The lowest BCUT2D eigenvalue weighted by molar-refractivity contribution is -0.131. The summed E-state index contributed by atoms with van der Waals surface area (Å²) in [5.74, 6) is 0.329. The van der Waals surface area contributed by atoms with Crippen LogP contribution < -0.4 is 0 Å². The minimum absolute atomic E-state index is 0.257. The van der Waals surface area contributed by atoms with E-state index < -0.39 is 5.97 Å². The van der Waals surface area contributed by atoms with Crippen molar-refractivity contribution in [1.29, 1.82) is 0 Å². The van der Waals surface area contributed by atoms with E-state index in [1.165, 1.54) is 16.5 Å². The minimum Gasteiger partial charge on any atom is -0.478 e. The summed E-state index contributed by atoms with van der Waals surface area (Å²) >= 11 is 1.78. The summed E-state index contributed by atoms with van der Waals surface area (Å²) < 4.78 is 0. The molecule has 3 heteroatoms. The van der Waals surface area contributed by atoms with Crippen molar-refractivity contribution in [3.8, 4) is 0 Å². The molecule has 2 rings (SSSR count). The second-order valence-corrected chi connectivity index (χ2v) is 4.21. The molecule has 72 valence electrons. The van der Waals surface area contributed by atoms with Crippen molar-refractivity contribution >= 4 is 17.7 Å². The SMILES string of the molecule is O=C(O)/C=C/C1CSc2ccccc21. The summed E-state index contributed by atoms with van der Waals surface area (Å²) in [6.45, 7) is 0. The van der Waals surface area contributed by atoms with Gasteiger partial charge in [-0.05, 0) is 11.6 Å². The Kier molecular flexibility index (Phi) is 2.59. The number of benzene rings is 1. The van der Waals surface area contributed by atoms with Gasteiger partial charge in [0.1, 0.15) is 0 Å². The van der Waals surface area contributed by atoms with Gasteiger partial charge in [-0.25, -0.2) is 4.79 Å². The second-order valence-electron chi connectivity index (χ2n) is 3.15. The number of hydrogen-bond acceptors (Lipinski definition) is 2. The standard InChI is InChI=1S/C11H10O2S/c12-11(13)6-5-8-7-14-10-4-2-1-3-9(8)10/h1-6,8H,7H2,(H,12,13)/b6-5+. The van der Waals surface area contributed by atoms with Crippen molar-refractivity contribution in [1.82, 2.24) is 0 Å². The van der Waals surface area contributed by atoms with Crippen molar-refractivity contribution in [2.45, 2.75) is 10.8 Å². The number of carbonyl (C=O) groups is 1. The van der Waals surface area contributed by atoms with Crippen LogP contribution in [0.15, 0.2) is 41.3 Å². The van der Waals surface area contributed by atoms with Gasteiger partial charge in [-0.15, -0.1) is 11.8 Å². The lowest BCUT2D eigenvalue weighted by Gasteiger charge is -2.02. The van der Waals surface area contributed by atoms with Gasteiger partial charge in [0, 0.05) is 22.6 Å². The first kappa shape index (κ1) is 9.34. The molecule has 1 heterocycles. The summed E-state index contributed by atoms with van der Waals surface area (Å²) in [6.07, 6.45) is 2.99. The molecular formula is C11H10O2S. The van der Waals surface area contributed by atoms with Crippen LogP contribution in [-0.4, -0.2) is 16.8 Å². The van der Waals surface area contributed by atoms with E-state index >= 15 is 0 Å². The first-order valence-electron chi connectivity index (χ1n) is 4.40. The van der Waals surface area contributed by atoms with Crippen molar-refractivity contribution < 1.29 is 9.90 Å². The molecule has 1 atom stereocenters. The van der Waals surface area contributed by atoms with Crippen LogP contribution in [0.25, 0.3) is 0 Å². The summed E-state index contributed by atoms with van der Waals surface area (Å²) in [4.78, 5) is 11.6. The van der Waals surface area contributed by atoms with Crippen LogP contribution in [0.3, 0.4) is 0 Å². The topological polar surface area (TPSA) is 37.3 Å². The smallest absolute Gasteiger partial charge is 0.327 e. The van der Waals surface area contributed by atoms with Crippen molar-refractivity contribution in [3.63, 3.8) is 0 Å². The Labute approximate surface area is 86.6 Å². The van der Waals surface area contributed by atoms with Gasteiger partial charge < -0.3 is 5.11 Å². The molecule has 0 spiro atoms. The zero-order chi connectivity index (χ0) is 9.97. The van der Waals surface area contributed by atoms with Gasteiger partial charge >= 0.3 is 5.97 Å². The maximum Gasteiger partial charge on any atom is 0.327 e. The molecule has 1 aromatic carbocycles. The predicted molar refractivity (Wildman–Crippen MR) is 56.7 cm³/mol. The second kappa shape index (κ2) is 3.88. The van der Waals surface area contributed by atoms with Gasteiger partial charge in [-0.1, -0.05) is 24.3 Å². The van der Waals surface area contributed by atoms with E-state index in [1.54, 1.807) is 17.8 Å². The molecule has 0 saturated heterocycles. The Balaban J connectivity index is 2.22. The zero-order valence-corrected chi connectivity index (χ0v) is 8.33. The number of hydrogen-bond donors (Lipinski definition) is 1. The number of aliphatic carboxylic acids is 1. The molecule has 0 bridgehead atoms. The first-order valence-corrected chi connectivity index (χ1v) is 5.39. The van der Waals surface area contributed by atoms with Crippen molar-refractivity contribution in [3.05, 3.63) is 42.0 Å². The van der Waals surface area contributed by atoms with Gasteiger partial charge in [-0.3, -0.25) is 0 Å². The molecule has 0 radical (unpaired) electrons. The fraction of sp³-hybridized carbons (Fsp3) is 0.182. The van der Waals surface area contributed by atoms with Crippen LogP contribution in [0.1, 0.15) is 11.5 Å². The number of carboxylic acid groups (broad SMARTS) is 1. The van der Waals surface area contributed by atoms with Crippen LogP contribution in [0.2, 0.25) is 0 Å². The molecule has 0 amide bonds. The largest absolute Gasteiger partial charge is 0.478 e. The van der Waals surface area contributed by atoms with Crippen LogP contribution in [0.5, 0.6) is 0 Å². The quantitative estimate of drug-likeness (QED) is 0.755. The van der Waals surface area contributed by atoms with Gasteiger partial charge in [0.15, 0.2) is 0 Å². The van der Waals surface area contributed by atoms with Gasteiger partial charge in [0.05, 0.1) is 0 Å².